The van der Waals surface area contributed by atoms with Crippen molar-refractivity contribution >= 4 is 5.91 Å². The number of carbonyl (C=O) groups is 1. The molecule has 1 aromatic carbocycles. The molecule has 0 spiro atoms. The van der Waals surface area contributed by atoms with Gasteiger partial charge in [0.15, 0.2) is 0 Å². The SMILES string of the molecule is CCC[C@@]12CCC[C@@](c3ccccc3)(CC(CCC(=O)NC3CC4CNC3C4)C1)C2. The minimum Gasteiger partial charge on any atom is -0.352 e. The summed E-state index contributed by atoms with van der Waals surface area (Å²) < 4.78 is 0. The molecule has 1 aromatic rings. The van der Waals surface area contributed by atoms with Gasteiger partial charge in [0.1, 0.15) is 0 Å². The van der Waals surface area contributed by atoms with Gasteiger partial charge in [0.05, 0.1) is 0 Å². The lowest BCUT2D eigenvalue weighted by Crippen LogP contribution is -2.48. The first-order valence-electron chi connectivity index (χ1n) is 12.7. The predicted octanol–water partition coefficient (Wildman–Crippen LogP) is 5.34. The fourth-order valence-electron chi connectivity index (χ4n) is 8.11. The molecular formula is C27H40N2O. The van der Waals surface area contributed by atoms with Crippen molar-refractivity contribution in [3.05, 3.63) is 35.9 Å². The van der Waals surface area contributed by atoms with Crippen molar-refractivity contribution in [3.63, 3.8) is 0 Å². The Morgan fingerprint density at radius 2 is 2.03 bits per heavy atom. The maximum Gasteiger partial charge on any atom is 0.220 e. The second-order valence-corrected chi connectivity index (χ2v) is 11.3. The zero-order valence-corrected chi connectivity index (χ0v) is 18.8. The van der Waals surface area contributed by atoms with Crippen LogP contribution < -0.4 is 10.6 Å². The molecule has 1 amide bonds. The number of nitrogens with one attached hydrogen (secondary N) is 2. The zero-order valence-electron chi connectivity index (χ0n) is 18.8. The Labute approximate surface area is 182 Å². The Hall–Kier alpha value is -1.35. The molecule has 6 atom stereocenters. The van der Waals surface area contributed by atoms with Crippen LogP contribution in [-0.2, 0) is 10.2 Å². The molecule has 3 saturated carbocycles. The van der Waals surface area contributed by atoms with E-state index >= 15 is 0 Å². The third-order valence-electron chi connectivity index (χ3n) is 9.10. The minimum atomic E-state index is 0.295. The van der Waals surface area contributed by atoms with Crippen molar-refractivity contribution in [1.82, 2.24) is 10.6 Å². The van der Waals surface area contributed by atoms with Crippen LogP contribution in [0.25, 0.3) is 0 Å². The van der Waals surface area contributed by atoms with Crippen LogP contribution in [-0.4, -0.2) is 24.5 Å². The number of amides is 1. The largest absolute Gasteiger partial charge is 0.352 e. The van der Waals surface area contributed by atoms with Crippen LogP contribution in [0, 0.1) is 17.3 Å². The Morgan fingerprint density at radius 3 is 2.77 bits per heavy atom. The molecule has 3 nitrogen and oxygen atoms in total. The smallest absolute Gasteiger partial charge is 0.220 e. The molecule has 4 unspecified atom stereocenters. The van der Waals surface area contributed by atoms with Gasteiger partial charge in [0.25, 0.3) is 0 Å². The van der Waals surface area contributed by atoms with Gasteiger partial charge in [-0.1, -0.05) is 50.1 Å². The van der Waals surface area contributed by atoms with Crippen molar-refractivity contribution in [3.8, 4) is 0 Å². The van der Waals surface area contributed by atoms with Crippen LogP contribution in [0.15, 0.2) is 30.3 Å². The molecule has 5 rings (SSSR count). The summed E-state index contributed by atoms with van der Waals surface area (Å²) in [6.45, 7) is 3.51. The Bertz CT molecular complexity index is 744. The maximum atomic E-state index is 12.8. The highest BCUT2D eigenvalue weighted by molar-refractivity contribution is 5.76. The van der Waals surface area contributed by atoms with Crippen LogP contribution in [0.2, 0.25) is 0 Å². The van der Waals surface area contributed by atoms with Crippen LogP contribution in [0.5, 0.6) is 0 Å². The zero-order chi connectivity index (χ0) is 20.6. The lowest BCUT2D eigenvalue weighted by molar-refractivity contribution is -0.122. The Morgan fingerprint density at radius 1 is 1.17 bits per heavy atom. The van der Waals surface area contributed by atoms with Gasteiger partial charge < -0.3 is 10.6 Å². The summed E-state index contributed by atoms with van der Waals surface area (Å²) in [5.41, 5.74) is 2.42. The molecular weight excluding hydrogens is 368 g/mol. The highest BCUT2D eigenvalue weighted by Crippen LogP contribution is 2.60. The van der Waals surface area contributed by atoms with Gasteiger partial charge in [-0.3, -0.25) is 4.79 Å². The van der Waals surface area contributed by atoms with E-state index in [-0.39, 0.29) is 0 Å². The van der Waals surface area contributed by atoms with E-state index in [1.165, 1.54) is 64.2 Å². The minimum absolute atomic E-state index is 0.295. The normalized spacial score (nSPS) is 39.8. The van der Waals surface area contributed by atoms with Gasteiger partial charge in [-0.2, -0.15) is 0 Å². The van der Waals surface area contributed by atoms with E-state index in [1.807, 2.05) is 0 Å². The van der Waals surface area contributed by atoms with E-state index in [1.54, 1.807) is 5.56 Å². The fraction of sp³-hybridized carbons (Fsp3) is 0.741. The van der Waals surface area contributed by atoms with Crippen molar-refractivity contribution in [1.29, 1.82) is 0 Å². The summed E-state index contributed by atoms with van der Waals surface area (Å²) in [4.78, 5) is 12.8. The van der Waals surface area contributed by atoms with Gasteiger partial charge in [-0.05, 0) is 92.6 Å². The first-order chi connectivity index (χ1) is 14.6. The predicted molar refractivity (Wildman–Crippen MR) is 122 cm³/mol. The van der Waals surface area contributed by atoms with Crippen LogP contribution in [0.1, 0.15) is 89.5 Å². The number of benzene rings is 1. The van der Waals surface area contributed by atoms with E-state index in [2.05, 4.69) is 47.9 Å². The molecule has 1 aliphatic heterocycles. The van der Waals surface area contributed by atoms with E-state index in [0.29, 0.717) is 41.2 Å². The van der Waals surface area contributed by atoms with Gasteiger partial charge in [0, 0.05) is 18.5 Å². The highest BCUT2D eigenvalue weighted by atomic mass is 16.1. The molecule has 30 heavy (non-hydrogen) atoms. The molecule has 3 heteroatoms. The van der Waals surface area contributed by atoms with E-state index in [4.69, 9.17) is 0 Å². The molecule has 164 valence electrons. The summed E-state index contributed by atoms with van der Waals surface area (Å²) in [7, 11) is 0. The lowest BCUT2D eigenvalue weighted by atomic mass is 9.49. The third kappa shape index (κ3) is 3.95. The number of hydrogen-bond donors (Lipinski definition) is 2. The molecule has 3 aliphatic carbocycles. The average Bonchev–Trinajstić information content (AvgIpc) is 3.36. The standard InChI is InChI=1S/C27H40N2O/c1-2-11-26-12-6-13-27(19-26,22-7-4-3-5-8-22)17-20(16-26)9-10-25(30)29-24-15-21-14-23(24)28-18-21/h3-5,7-8,20-21,23-24,28H,2,6,9-19H2,1H3,(H,29,30)/t20?,21?,23?,24?,26-,27-/m1/s1. The van der Waals surface area contributed by atoms with E-state index < -0.39 is 0 Å². The maximum absolute atomic E-state index is 12.8. The van der Waals surface area contributed by atoms with Gasteiger partial charge in [0.2, 0.25) is 5.91 Å². The lowest BCUT2D eigenvalue weighted by Gasteiger charge is -2.56. The molecule has 1 heterocycles. The van der Waals surface area contributed by atoms with Gasteiger partial charge in [-0.25, -0.2) is 0 Å². The van der Waals surface area contributed by atoms with E-state index in [0.717, 1.165) is 18.9 Å². The number of carbonyl (C=O) groups excluding carboxylic acids is 1. The van der Waals surface area contributed by atoms with Gasteiger partial charge >= 0.3 is 0 Å². The number of rotatable bonds is 7. The third-order valence-corrected chi connectivity index (χ3v) is 9.10. The average molecular weight is 409 g/mol. The van der Waals surface area contributed by atoms with Crippen LogP contribution >= 0.6 is 0 Å². The second kappa shape index (κ2) is 8.30. The van der Waals surface area contributed by atoms with Gasteiger partial charge in [-0.15, -0.1) is 0 Å². The first-order valence-corrected chi connectivity index (χ1v) is 12.7. The van der Waals surface area contributed by atoms with Crippen molar-refractivity contribution in [2.75, 3.05) is 6.54 Å². The molecule has 4 bridgehead atoms. The second-order valence-electron chi connectivity index (χ2n) is 11.3. The number of piperidine rings is 1. The number of hydrogen-bond acceptors (Lipinski definition) is 2. The fourth-order valence-corrected chi connectivity index (χ4v) is 8.11. The molecule has 4 fully saturated rings. The van der Waals surface area contributed by atoms with Crippen molar-refractivity contribution in [2.24, 2.45) is 17.3 Å². The monoisotopic (exact) mass is 408 g/mol. The van der Waals surface area contributed by atoms with Crippen molar-refractivity contribution < 1.29 is 4.79 Å². The molecule has 4 aliphatic rings. The quantitative estimate of drug-likeness (QED) is 0.639. The summed E-state index contributed by atoms with van der Waals surface area (Å²) in [6, 6.07) is 12.3. The van der Waals surface area contributed by atoms with Crippen LogP contribution in [0.4, 0.5) is 0 Å². The summed E-state index contributed by atoms with van der Waals surface area (Å²) in [6.07, 6.45) is 15.0. The van der Waals surface area contributed by atoms with Crippen molar-refractivity contribution in [2.45, 2.75) is 101 Å². The Kier molecular flexibility index (Phi) is 5.68. The summed E-state index contributed by atoms with van der Waals surface area (Å²) in [5.74, 6) is 1.77. The Balaban J connectivity index is 1.26. The first kappa shape index (κ1) is 20.5. The molecule has 2 N–H and O–H groups in total. The summed E-state index contributed by atoms with van der Waals surface area (Å²) >= 11 is 0. The molecule has 0 aromatic heterocycles. The van der Waals surface area contributed by atoms with E-state index in [9.17, 15) is 4.79 Å². The van der Waals surface area contributed by atoms with Crippen LogP contribution in [0.3, 0.4) is 0 Å². The topological polar surface area (TPSA) is 41.1 Å². The molecule has 1 saturated heterocycles. The highest BCUT2D eigenvalue weighted by Gasteiger charge is 2.50. The number of fused-ring (bicyclic) bond motifs is 4. The molecule has 0 radical (unpaired) electrons. The summed E-state index contributed by atoms with van der Waals surface area (Å²) in [5, 5.41) is 6.95.